The molecule has 0 atom stereocenters. The maximum absolute atomic E-state index is 13.2. The number of aromatic nitrogens is 2. The van der Waals surface area contributed by atoms with Crippen LogP contribution in [0.2, 0.25) is 5.02 Å². The van der Waals surface area contributed by atoms with Gasteiger partial charge in [-0.2, -0.15) is 5.10 Å². The number of carbonyl (C=O) groups is 1. The van der Waals surface area contributed by atoms with Gasteiger partial charge < -0.3 is 19.5 Å². The number of fused-ring (bicyclic) bond motifs is 1. The third-order valence-corrected chi connectivity index (χ3v) is 6.20. The predicted molar refractivity (Wildman–Crippen MR) is 122 cm³/mol. The number of benzene rings is 2. The minimum absolute atomic E-state index is 0.209. The Morgan fingerprint density at radius 1 is 1.21 bits per heavy atom. The monoisotopic (exact) mass is 485 g/mol. The van der Waals surface area contributed by atoms with E-state index in [9.17, 15) is 9.18 Å². The van der Waals surface area contributed by atoms with Gasteiger partial charge in [0, 0.05) is 22.8 Å². The van der Waals surface area contributed by atoms with Crippen molar-refractivity contribution in [3.8, 4) is 17.2 Å². The molecule has 7 nitrogen and oxygen atoms in total. The summed E-state index contributed by atoms with van der Waals surface area (Å²) in [6.45, 7) is 0.885. The zero-order valence-corrected chi connectivity index (χ0v) is 18.7. The van der Waals surface area contributed by atoms with Gasteiger partial charge in [-0.3, -0.25) is 9.48 Å². The van der Waals surface area contributed by atoms with Gasteiger partial charge >= 0.3 is 0 Å². The minimum atomic E-state index is -0.395. The van der Waals surface area contributed by atoms with Crippen molar-refractivity contribution in [3.05, 3.63) is 87.1 Å². The van der Waals surface area contributed by atoms with Crippen LogP contribution in [0.4, 0.5) is 10.1 Å². The van der Waals surface area contributed by atoms with E-state index in [4.69, 9.17) is 25.8 Å². The number of carbonyl (C=O) groups excluding carboxylic acids is 1. The fourth-order valence-corrected chi connectivity index (χ4v) is 4.25. The third kappa shape index (κ3) is 4.94. The number of ether oxygens (including phenoxy) is 3. The van der Waals surface area contributed by atoms with Crippen LogP contribution in [-0.4, -0.2) is 22.5 Å². The highest BCUT2D eigenvalue weighted by molar-refractivity contribution is 7.12. The van der Waals surface area contributed by atoms with Crippen molar-refractivity contribution in [1.82, 2.24) is 9.78 Å². The molecule has 0 saturated heterocycles. The highest BCUT2D eigenvalue weighted by Gasteiger charge is 2.15. The first-order valence-corrected chi connectivity index (χ1v) is 11.2. The van der Waals surface area contributed by atoms with E-state index >= 15 is 0 Å². The third-order valence-electron chi connectivity index (χ3n) is 4.87. The Kier molecular flexibility index (Phi) is 5.89. The molecule has 0 spiro atoms. The molecule has 1 N–H and O–H groups in total. The van der Waals surface area contributed by atoms with Crippen LogP contribution in [0.1, 0.15) is 20.8 Å². The first-order valence-electron chi connectivity index (χ1n) is 9.91. The number of thiophene rings is 1. The number of amides is 1. The molecule has 1 amide bonds. The van der Waals surface area contributed by atoms with Gasteiger partial charge in [0.1, 0.15) is 18.2 Å². The van der Waals surface area contributed by atoms with E-state index in [0.717, 1.165) is 11.1 Å². The molecule has 3 heterocycles. The molecule has 2 aromatic heterocycles. The summed E-state index contributed by atoms with van der Waals surface area (Å²) in [7, 11) is 0. The summed E-state index contributed by atoms with van der Waals surface area (Å²) in [6, 6.07) is 11.4. The van der Waals surface area contributed by atoms with Crippen molar-refractivity contribution >= 4 is 34.5 Å². The molecule has 0 fully saturated rings. The molecule has 0 saturated carbocycles. The Morgan fingerprint density at radius 3 is 2.97 bits per heavy atom. The zero-order chi connectivity index (χ0) is 22.8. The second-order valence-corrected chi connectivity index (χ2v) is 8.56. The largest absolute Gasteiger partial charge is 0.489 e. The van der Waals surface area contributed by atoms with E-state index in [1.54, 1.807) is 41.3 Å². The highest BCUT2D eigenvalue weighted by Crippen LogP contribution is 2.35. The smallest absolute Gasteiger partial charge is 0.265 e. The van der Waals surface area contributed by atoms with Crippen LogP contribution in [0.3, 0.4) is 0 Å². The molecule has 5 rings (SSSR count). The molecule has 0 unspecified atom stereocenters. The number of nitrogens with zero attached hydrogens (tertiary/aromatic N) is 2. The van der Waals surface area contributed by atoms with Crippen molar-refractivity contribution in [2.75, 3.05) is 12.1 Å². The first kappa shape index (κ1) is 21.3. The Balaban J connectivity index is 1.17. The van der Waals surface area contributed by atoms with Crippen LogP contribution in [0.25, 0.3) is 0 Å². The van der Waals surface area contributed by atoms with E-state index in [1.807, 2.05) is 11.4 Å². The molecule has 0 aliphatic carbocycles. The van der Waals surface area contributed by atoms with E-state index in [1.165, 1.54) is 23.5 Å². The molecule has 0 radical (unpaired) electrons. The van der Waals surface area contributed by atoms with Crippen molar-refractivity contribution < 1.29 is 23.4 Å². The molecule has 1 aliphatic heterocycles. The number of hydrogen-bond acceptors (Lipinski definition) is 6. The van der Waals surface area contributed by atoms with Crippen LogP contribution < -0.4 is 19.5 Å². The summed E-state index contributed by atoms with van der Waals surface area (Å²) in [5, 5.41) is 9.26. The van der Waals surface area contributed by atoms with Gasteiger partial charge in [0.15, 0.2) is 11.5 Å². The fraction of sp³-hybridized carbons (Fsp3) is 0.130. The second-order valence-electron chi connectivity index (χ2n) is 7.24. The molecule has 168 valence electrons. The topological polar surface area (TPSA) is 74.6 Å². The lowest BCUT2D eigenvalue weighted by atomic mass is 10.2. The molecule has 10 heteroatoms. The van der Waals surface area contributed by atoms with Crippen LogP contribution >= 0.6 is 22.9 Å². The van der Waals surface area contributed by atoms with E-state index in [2.05, 4.69) is 10.4 Å². The number of nitrogens with one attached hydrogen (secondary N) is 1. The Morgan fingerprint density at radius 2 is 2.09 bits per heavy atom. The number of rotatable bonds is 7. The second kappa shape index (κ2) is 9.13. The van der Waals surface area contributed by atoms with Gasteiger partial charge in [-0.15, -0.1) is 11.3 Å². The lowest BCUT2D eigenvalue weighted by molar-refractivity contribution is 0.103. The number of halogens is 2. The van der Waals surface area contributed by atoms with Gasteiger partial charge in [0.2, 0.25) is 6.79 Å². The number of anilines is 1. The summed E-state index contributed by atoms with van der Waals surface area (Å²) in [5.74, 6) is 1.37. The van der Waals surface area contributed by atoms with Gasteiger partial charge in [-0.25, -0.2) is 4.39 Å². The maximum Gasteiger partial charge on any atom is 0.265 e. The average molecular weight is 486 g/mol. The summed E-state index contributed by atoms with van der Waals surface area (Å²) < 4.78 is 31.3. The average Bonchev–Trinajstić information content (AvgIpc) is 3.55. The standard InChI is InChI=1S/C23H17ClFN3O4S/c24-19-6-16(25)2-1-15(19)9-28-10-17(8-26-28)27-23(29)22-5-14(12-33-22)11-30-18-3-4-20-21(7-18)32-13-31-20/h1-8,10,12H,9,11,13H2,(H,27,29). The quantitative estimate of drug-likeness (QED) is 0.382. The van der Waals surface area contributed by atoms with E-state index in [-0.39, 0.29) is 12.7 Å². The summed E-state index contributed by atoms with van der Waals surface area (Å²) in [6.07, 6.45) is 3.24. The molecule has 1 aliphatic rings. The van der Waals surface area contributed by atoms with E-state index in [0.29, 0.717) is 46.0 Å². The lowest BCUT2D eigenvalue weighted by Gasteiger charge is -2.05. The molecule has 4 aromatic rings. The van der Waals surface area contributed by atoms with Crippen molar-refractivity contribution in [1.29, 1.82) is 0 Å². The van der Waals surface area contributed by atoms with Crippen LogP contribution in [0.5, 0.6) is 17.2 Å². The van der Waals surface area contributed by atoms with Crippen LogP contribution in [0, 0.1) is 5.82 Å². The Labute approximate surface area is 197 Å². The van der Waals surface area contributed by atoms with Crippen molar-refractivity contribution in [2.45, 2.75) is 13.2 Å². The van der Waals surface area contributed by atoms with E-state index < -0.39 is 5.82 Å². The van der Waals surface area contributed by atoms with Crippen LogP contribution in [-0.2, 0) is 13.2 Å². The molecular formula is C23H17ClFN3O4S. The molecule has 0 bridgehead atoms. The summed E-state index contributed by atoms with van der Waals surface area (Å²) in [4.78, 5) is 13.2. The molecule has 33 heavy (non-hydrogen) atoms. The highest BCUT2D eigenvalue weighted by atomic mass is 35.5. The Hall–Kier alpha value is -3.56. The van der Waals surface area contributed by atoms with Gasteiger partial charge in [0.25, 0.3) is 5.91 Å². The predicted octanol–water partition coefficient (Wildman–Crippen LogP) is 5.35. The minimum Gasteiger partial charge on any atom is -0.489 e. The van der Waals surface area contributed by atoms with Gasteiger partial charge in [-0.1, -0.05) is 17.7 Å². The van der Waals surface area contributed by atoms with Gasteiger partial charge in [0.05, 0.1) is 23.3 Å². The first-order chi connectivity index (χ1) is 16.0. The SMILES string of the molecule is O=C(Nc1cnn(Cc2ccc(F)cc2Cl)c1)c1cc(COc2ccc3c(c2)OCO3)cs1. The van der Waals surface area contributed by atoms with Gasteiger partial charge in [-0.05, 0) is 41.3 Å². The van der Waals surface area contributed by atoms with Crippen molar-refractivity contribution in [2.24, 2.45) is 0 Å². The molecule has 2 aromatic carbocycles. The van der Waals surface area contributed by atoms with Crippen molar-refractivity contribution in [3.63, 3.8) is 0 Å². The lowest BCUT2D eigenvalue weighted by Crippen LogP contribution is -2.09. The number of hydrogen-bond donors (Lipinski definition) is 1. The maximum atomic E-state index is 13.2. The summed E-state index contributed by atoms with van der Waals surface area (Å²) in [5.41, 5.74) is 2.15. The fourth-order valence-electron chi connectivity index (χ4n) is 3.24. The Bertz CT molecular complexity index is 1320. The normalized spacial score (nSPS) is 12.1. The van der Waals surface area contributed by atoms with Crippen LogP contribution in [0.15, 0.2) is 60.2 Å². The zero-order valence-electron chi connectivity index (χ0n) is 17.1. The molecular weight excluding hydrogens is 469 g/mol. The summed E-state index contributed by atoms with van der Waals surface area (Å²) >= 11 is 7.40.